The van der Waals surface area contributed by atoms with Gasteiger partial charge in [-0.25, -0.2) is 4.79 Å². The molecule has 1 N–H and O–H groups in total. The van der Waals surface area contributed by atoms with E-state index in [-0.39, 0.29) is 17.4 Å². The quantitative estimate of drug-likeness (QED) is 0.739. The molecule has 0 radical (unpaired) electrons. The molecule has 2 aliphatic rings. The Hall–Kier alpha value is -1.39. The number of barbiturate groups is 1. The van der Waals surface area contributed by atoms with E-state index in [1.807, 2.05) is 0 Å². The molecule has 1 saturated heterocycles. The first-order valence-corrected chi connectivity index (χ1v) is 6.84. The average Bonchev–Trinajstić information content (AvgIpc) is 2.26. The van der Waals surface area contributed by atoms with E-state index >= 15 is 0 Å². The minimum Gasteiger partial charge on any atom is -0.277 e. The van der Waals surface area contributed by atoms with Gasteiger partial charge in [-0.3, -0.25) is 19.8 Å². The molecule has 2 fully saturated rings. The van der Waals surface area contributed by atoms with Gasteiger partial charge in [-0.2, -0.15) is 0 Å². The third-order valence-corrected chi connectivity index (χ3v) is 4.30. The second-order valence-electron chi connectivity index (χ2n) is 6.97. The van der Waals surface area contributed by atoms with Crippen LogP contribution in [-0.4, -0.2) is 28.8 Å². The van der Waals surface area contributed by atoms with Crippen LogP contribution in [0.1, 0.15) is 53.4 Å². The summed E-state index contributed by atoms with van der Waals surface area (Å²) in [4.78, 5) is 37.4. The zero-order valence-corrected chi connectivity index (χ0v) is 12.1. The van der Waals surface area contributed by atoms with Gasteiger partial charge in [0.25, 0.3) is 0 Å². The highest BCUT2D eigenvalue weighted by Crippen LogP contribution is 2.39. The van der Waals surface area contributed by atoms with Gasteiger partial charge in [0, 0.05) is 6.04 Å². The van der Waals surface area contributed by atoms with Crippen molar-refractivity contribution in [2.45, 2.75) is 59.4 Å². The molecule has 5 nitrogen and oxygen atoms in total. The van der Waals surface area contributed by atoms with E-state index in [0.29, 0.717) is 0 Å². The number of carbonyl (C=O) groups is 3. The summed E-state index contributed by atoms with van der Waals surface area (Å²) >= 11 is 0. The van der Waals surface area contributed by atoms with E-state index in [1.165, 1.54) is 4.90 Å². The maximum absolute atomic E-state index is 12.4. The third-order valence-electron chi connectivity index (χ3n) is 4.30. The van der Waals surface area contributed by atoms with Gasteiger partial charge in [-0.05, 0) is 38.5 Å². The minimum atomic E-state index is -1.16. The smallest absolute Gasteiger partial charge is 0.277 e. The lowest BCUT2D eigenvalue weighted by molar-refractivity contribution is -0.151. The first-order chi connectivity index (χ1) is 8.65. The summed E-state index contributed by atoms with van der Waals surface area (Å²) < 4.78 is 0. The number of urea groups is 1. The summed E-state index contributed by atoms with van der Waals surface area (Å²) in [6.07, 6.45) is 3.74. The van der Waals surface area contributed by atoms with Gasteiger partial charge in [-0.1, -0.05) is 20.3 Å². The van der Waals surface area contributed by atoms with Gasteiger partial charge in [0.15, 0.2) is 0 Å². The highest BCUT2D eigenvalue weighted by Gasteiger charge is 2.50. The SMILES string of the molecule is CC1(C)CCCC(N2C(=O)NC(=O)C(C)(C)C2=O)C1. The summed E-state index contributed by atoms with van der Waals surface area (Å²) in [5.41, 5.74) is -1.02. The maximum atomic E-state index is 12.4. The summed E-state index contributed by atoms with van der Waals surface area (Å²) in [7, 11) is 0. The predicted octanol–water partition coefficient (Wildman–Crippen LogP) is 2.06. The van der Waals surface area contributed by atoms with Crippen LogP contribution in [0.5, 0.6) is 0 Å². The zero-order chi connectivity index (χ0) is 14.4. The summed E-state index contributed by atoms with van der Waals surface area (Å²) in [6, 6.07) is -0.652. The second kappa shape index (κ2) is 4.32. The van der Waals surface area contributed by atoms with Gasteiger partial charge in [0.2, 0.25) is 11.8 Å². The number of hydrogen-bond donors (Lipinski definition) is 1. The molecule has 0 spiro atoms. The van der Waals surface area contributed by atoms with Crippen molar-refractivity contribution in [1.29, 1.82) is 0 Å². The van der Waals surface area contributed by atoms with Crippen molar-refractivity contribution in [2.24, 2.45) is 10.8 Å². The van der Waals surface area contributed by atoms with Crippen molar-refractivity contribution in [2.75, 3.05) is 0 Å². The van der Waals surface area contributed by atoms with Gasteiger partial charge < -0.3 is 0 Å². The van der Waals surface area contributed by atoms with Gasteiger partial charge >= 0.3 is 6.03 Å². The van der Waals surface area contributed by atoms with Gasteiger partial charge in [0.05, 0.1) is 0 Å². The molecule has 0 bridgehead atoms. The van der Waals surface area contributed by atoms with Crippen molar-refractivity contribution in [3.63, 3.8) is 0 Å². The van der Waals surface area contributed by atoms with Crippen LogP contribution in [0.2, 0.25) is 0 Å². The molecule has 1 unspecified atom stereocenters. The molecule has 2 rings (SSSR count). The molecule has 0 aromatic heterocycles. The lowest BCUT2D eigenvalue weighted by Crippen LogP contribution is -2.65. The molecule has 5 heteroatoms. The van der Waals surface area contributed by atoms with Gasteiger partial charge in [0.1, 0.15) is 5.41 Å². The standard InChI is InChI=1S/C14H22N2O3/c1-13(2)7-5-6-9(8-13)16-11(18)14(3,4)10(17)15-12(16)19/h9H,5-8H2,1-4H3,(H,15,17,19). The van der Waals surface area contributed by atoms with Crippen LogP contribution in [-0.2, 0) is 9.59 Å². The second-order valence-corrected chi connectivity index (χ2v) is 6.97. The molecule has 0 aromatic rings. The number of nitrogens with zero attached hydrogens (tertiary/aromatic N) is 1. The van der Waals surface area contributed by atoms with Crippen LogP contribution in [0.3, 0.4) is 0 Å². The Kier molecular flexibility index (Phi) is 3.19. The zero-order valence-electron chi connectivity index (χ0n) is 12.1. The molecule has 4 amide bonds. The Balaban J connectivity index is 2.26. The van der Waals surface area contributed by atoms with Crippen LogP contribution in [0, 0.1) is 10.8 Å². The fraction of sp³-hybridized carbons (Fsp3) is 0.786. The van der Waals surface area contributed by atoms with Crippen LogP contribution >= 0.6 is 0 Å². The number of rotatable bonds is 1. The number of hydrogen-bond acceptors (Lipinski definition) is 3. The summed E-state index contributed by atoms with van der Waals surface area (Å²) in [5.74, 6) is -0.877. The first-order valence-electron chi connectivity index (χ1n) is 6.84. The third kappa shape index (κ3) is 2.38. The van der Waals surface area contributed by atoms with Crippen molar-refractivity contribution in [3.8, 4) is 0 Å². The van der Waals surface area contributed by atoms with Crippen LogP contribution < -0.4 is 5.32 Å². The molecule has 1 aliphatic heterocycles. The lowest BCUT2D eigenvalue weighted by Gasteiger charge is -2.44. The number of nitrogens with one attached hydrogen (secondary N) is 1. The van der Waals surface area contributed by atoms with Crippen LogP contribution in [0.25, 0.3) is 0 Å². The largest absolute Gasteiger partial charge is 0.331 e. The molecule has 1 aliphatic carbocycles. The van der Waals surface area contributed by atoms with E-state index < -0.39 is 17.4 Å². The minimum absolute atomic E-state index is 0.0939. The van der Waals surface area contributed by atoms with Crippen molar-refractivity contribution < 1.29 is 14.4 Å². The fourth-order valence-electron chi connectivity index (χ4n) is 3.01. The molecule has 19 heavy (non-hydrogen) atoms. The number of carbonyl (C=O) groups excluding carboxylic acids is 3. The maximum Gasteiger partial charge on any atom is 0.331 e. The van der Waals surface area contributed by atoms with Crippen LogP contribution in [0.4, 0.5) is 4.79 Å². The Bertz CT molecular complexity index is 440. The lowest BCUT2D eigenvalue weighted by atomic mass is 9.74. The van der Waals surface area contributed by atoms with Crippen LogP contribution in [0.15, 0.2) is 0 Å². The highest BCUT2D eigenvalue weighted by atomic mass is 16.2. The normalized spacial score (nSPS) is 30.2. The molecule has 1 saturated carbocycles. The fourth-order valence-corrected chi connectivity index (χ4v) is 3.01. The van der Waals surface area contributed by atoms with Crippen molar-refractivity contribution in [3.05, 3.63) is 0 Å². The Morgan fingerprint density at radius 2 is 1.79 bits per heavy atom. The Morgan fingerprint density at radius 1 is 1.16 bits per heavy atom. The van der Waals surface area contributed by atoms with E-state index in [1.54, 1.807) is 13.8 Å². The van der Waals surface area contributed by atoms with Crippen molar-refractivity contribution in [1.82, 2.24) is 10.2 Å². The Morgan fingerprint density at radius 3 is 2.37 bits per heavy atom. The molecule has 0 aromatic carbocycles. The van der Waals surface area contributed by atoms with E-state index in [9.17, 15) is 14.4 Å². The molecule has 1 atom stereocenters. The van der Waals surface area contributed by atoms with E-state index in [2.05, 4.69) is 19.2 Å². The predicted molar refractivity (Wildman–Crippen MR) is 70.2 cm³/mol. The molecule has 106 valence electrons. The highest BCUT2D eigenvalue weighted by molar-refractivity contribution is 6.18. The van der Waals surface area contributed by atoms with E-state index in [0.717, 1.165) is 25.7 Å². The summed E-state index contributed by atoms with van der Waals surface area (Å²) in [5, 5.41) is 2.30. The number of imide groups is 2. The van der Waals surface area contributed by atoms with E-state index in [4.69, 9.17) is 0 Å². The van der Waals surface area contributed by atoms with Gasteiger partial charge in [-0.15, -0.1) is 0 Å². The summed E-state index contributed by atoms with van der Waals surface area (Å²) in [6.45, 7) is 7.44. The Labute approximate surface area is 113 Å². The average molecular weight is 266 g/mol. The van der Waals surface area contributed by atoms with Crippen molar-refractivity contribution >= 4 is 17.8 Å². The molecular formula is C14H22N2O3. The topological polar surface area (TPSA) is 66.5 Å². The molecule has 1 heterocycles. The molecular weight excluding hydrogens is 244 g/mol. The monoisotopic (exact) mass is 266 g/mol. The number of amides is 4. The first kappa shape index (κ1) is 14.0.